The van der Waals surface area contributed by atoms with Gasteiger partial charge in [0, 0.05) is 6.54 Å². The second kappa shape index (κ2) is 6.79. The molecule has 0 amide bonds. The lowest BCUT2D eigenvalue weighted by Crippen LogP contribution is -2.25. The normalized spacial score (nSPS) is 11.7. The molecule has 0 aliphatic rings. The van der Waals surface area contributed by atoms with Crippen molar-refractivity contribution in [2.24, 2.45) is 0 Å². The zero-order valence-corrected chi connectivity index (χ0v) is 12.8. The first-order valence-corrected chi connectivity index (χ1v) is 8.13. The molecule has 8 heteroatoms. The summed E-state index contributed by atoms with van der Waals surface area (Å²) >= 11 is 0. The maximum absolute atomic E-state index is 12.0. The van der Waals surface area contributed by atoms with Gasteiger partial charge in [-0.3, -0.25) is 0 Å². The molecule has 7 nitrogen and oxygen atoms in total. The van der Waals surface area contributed by atoms with Crippen LogP contribution in [0.2, 0.25) is 0 Å². The van der Waals surface area contributed by atoms with Crippen LogP contribution in [-0.2, 0) is 28.9 Å². The highest BCUT2D eigenvalue weighted by molar-refractivity contribution is 7.88. The Bertz CT molecular complexity index is 697. The van der Waals surface area contributed by atoms with Crippen LogP contribution in [0.3, 0.4) is 0 Å². The molecule has 2 aromatic rings. The molecule has 0 radical (unpaired) electrons. The van der Waals surface area contributed by atoms with Gasteiger partial charge in [0.2, 0.25) is 15.9 Å². The van der Waals surface area contributed by atoms with Crippen molar-refractivity contribution in [1.29, 1.82) is 0 Å². The predicted octanol–water partition coefficient (Wildman–Crippen LogP) is 0.717. The Balaban J connectivity index is 1.98. The van der Waals surface area contributed by atoms with Gasteiger partial charge in [-0.2, -0.15) is 4.98 Å². The van der Waals surface area contributed by atoms with E-state index in [4.69, 9.17) is 4.52 Å². The summed E-state index contributed by atoms with van der Waals surface area (Å²) < 4.78 is 31.4. The molecule has 0 aliphatic carbocycles. The average molecular weight is 310 g/mol. The molecule has 21 heavy (non-hydrogen) atoms. The average Bonchev–Trinajstić information content (AvgIpc) is 2.83. The van der Waals surface area contributed by atoms with Gasteiger partial charge < -0.3 is 9.84 Å². The van der Waals surface area contributed by atoms with Crippen LogP contribution in [0.25, 0.3) is 0 Å². The van der Waals surface area contributed by atoms with E-state index in [1.54, 1.807) is 13.0 Å². The van der Waals surface area contributed by atoms with Crippen molar-refractivity contribution in [2.45, 2.75) is 25.8 Å². The van der Waals surface area contributed by atoms with Gasteiger partial charge in [-0.15, -0.1) is 0 Å². The van der Waals surface area contributed by atoms with E-state index in [1.165, 1.54) is 0 Å². The summed E-state index contributed by atoms with van der Waals surface area (Å²) in [5, 5.41) is 6.64. The highest BCUT2D eigenvalue weighted by atomic mass is 32.2. The second-order valence-electron chi connectivity index (χ2n) is 4.67. The largest absolute Gasteiger partial charge is 0.338 e. The summed E-state index contributed by atoms with van der Waals surface area (Å²) in [6.45, 7) is 2.37. The molecule has 1 aromatic heterocycles. The number of aromatic nitrogens is 2. The molecule has 1 aromatic carbocycles. The molecular weight excluding hydrogens is 292 g/mol. The Morgan fingerprint density at radius 1 is 1.24 bits per heavy atom. The highest BCUT2D eigenvalue weighted by Crippen LogP contribution is 2.09. The smallest absolute Gasteiger partial charge is 0.241 e. The van der Waals surface area contributed by atoms with Crippen LogP contribution in [0.15, 0.2) is 28.8 Å². The van der Waals surface area contributed by atoms with Gasteiger partial charge in [-0.1, -0.05) is 29.4 Å². The number of benzene rings is 1. The number of rotatable bonds is 7. The maximum Gasteiger partial charge on any atom is 0.241 e. The number of hydrogen-bond donors (Lipinski definition) is 2. The van der Waals surface area contributed by atoms with E-state index in [1.807, 2.05) is 25.2 Å². The van der Waals surface area contributed by atoms with E-state index in [2.05, 4.69) is 20.2 Å². The highest BCUT2D eigenvalue weighted by Gasteiger charge is 2.13. The predicted molar refractivity (Wildman–Crippen MR) is 77.7 cm³/mol. The summed E-state index contributed by atoms with van der Waals surface area (Å²) in [4.78, 5) is 3.95. The molecule has 1 heterocycles. The first-order chi connectivity index (χ1) is 9.98. The van der Waals surface area contributed by atoms with Crippen molar-refractivity contribution in [1.82, 2.24) is 20.2 Å². The first-order valence-electron chi connectivity index (χ1n) is 6.47. The molecule has 0 saturated heterocycles. The minimum Gasteiger partial charge on any atom is -0.338 e. The minimum absolute atomic E-state index is 0.000615. The van der Waals surface area contributed by atoms with Crippen LogP contribution < -0.4 is 10.0 Å². The lowest BCUT2D eigenvalue weighted by atomic mass is 10.1. The first kappa shape index (κ1) is 15.6. The van der Waals surface area contributed by atoms with Crippen LogP contribution in [0.4, 0.5) is 0 Å². The quantitative estimate of drug-likeness (QED) is 0.782. The van der Waals surface area contributed by atoms with E-state index in [-0.39, 0.29) is 18.2 Å². The summed E-state index contributed by atoms with van der Waals surface area (Å²) in [5.74, 6) is 0.640. The fraction of sp³-hybridized carbons (Fsp3) is 0.385. The van der Waals surface area contributed by atoms with Gasteiger partial charge in [0.15, 0.2) is 5.82 Å². The van der Waals surface area contributed by atoms with Gasteiger partial charge in [0.1, 0.15) is 0 Å². The van der Waals surface area contributed by atoms with E-state index in [0.717, 1.165) is 11.1 Å². The van der Waals surface area contributed by atoms with Crippen molar-refractivity contribution in [3.8, 4) is 0 Å². The minimum atomic E-state index is -3.45. The number of nitrogens with one attached hydrogen (secondary N) is 2. The van der Waals surface area contributed by atoms with E-state index < -0.39 is 10.0 Å². The van der Waals surface area contributed by atoms with Crippen LogP contribution in [0.5, 0.6) is 0 Å². The number of sulfonamides is 1. The summed E-state index contributed by atoms with van der Waals surface area (Å²) in [6.07, 6.45) is 0. The van der Waals surface area contributed by atoms with Crippen molar-refractivity contribution < 1.29 is 12.9 Å². The van der Waals surface area contributed by atoms with Crippen LogP contribution >= 0.6 is 0 Å². The zero-order chi connectivity index (χ0) is 15.3. The van der Waals surface area contributed by atoms with E-state index in [9.17, 15) is 8.42 Å². The zero-order valence-electron chi connectivity index (χ0n) is 12.0. The monoisotopic (exact) mass is 310 g/mol. The summed E-state index contributed by atoms with van der Waals surface area (Å²) in [5.41, 5.74) is 1.77. The third-order valence-electron chi connectivity index (χ3n) is 2.74. The third-order valence-corrected chi connectivity index (χ3v) is 4.04. The van der Waals surface area contributed by atoms with Crippen molar-refractivity contribution in [3.05, 3.63) is 47.1 Å². The van der Waals surface area contributed by atoms with Crippen LogP contribution in [-0.4, -0.2) is 25.6 Å². The molecule has 0 bridgehead atoms. The van der Waals surface area contributed by atoms with E-state index in [0.29, 0.717) is 12.4 Å². The van der Waals surface area contributed by atoms with Gasteiger partial charge in [0.05, 0.1) is 12.3 Å². The Morgan fingerprint density at radius 2 is 2.00 bits per heavy atom. The Labute approximate surface area is 123 Å². The van der Waals surface area contributed by atoms with Crippen molar-refractivity contribution in [2.75, 3.05) is 7.05 Å². The molecule has 0 saturated carbocycles. The molecule has 114 valence electrons. The molecule has 2 N–H and O–H groups in total. The number of nitrogens with zero attached hydrogens (tertiary/aromatic N) is 2. The third kappa shape index (κ3) is 4.92. The number of hydrogen-bond acceptors (Lipinski definition) is 6. The fourth-order valence-electron chi connectivity index (χ4n) is 1.89. The molecule has 0 spiro atoms. The summed E-state index contributed by atoms with van der Waals surface area (Å²) in [7, 11) is -1.61. The van der Waals surface area contributed by atoms with Crippen LogP contribution in [0, 0.1) is 6.92 Å². The lowest BCUT2D eigenvalue weighted by molar-refractivity contribution is 0.372. The van der Waals surface area contributed by atoms with Crippen molar-refractivity contribution >= 4 is 10.0 Å². The standard InChI is InChI=1S/C13H18N4O3S/c1-10-16-13(20-17-10)8-15-21(18,19)9-12-5-3-4-11(6-12)7-14-2/h3-6,14-15H,7-9H2,1-2H3. The Morgan fingerprint density at radius 3 is 2.67 bits per heavy atom. The Kier molecular flexibility index (Phi) is 5.05. The summed E-state index contributed by atoms with van der Waals surface area (Å²) in [6, 6.07) is 7.45. The topological polar surface area (TPSA) is 97.1 Å². The molecule has 0 fully saturated rings. The van der Waals surface area contributed by atoms with Crippen LogP contribution in [0.1, 0.15) is 22.8 Å². The van der Waals surface area contributed by atoms with Crippen molar-refractivity contribution in [3.63, 3.8) is 0 Å². The Hall–Kier alpha value is -1.77. The molecule has 0 aliphatic heterocycles. The lowest BCUT2D eigenvalue weighted by Gasteiger charge is -2.07. The fourth-order valence-corrected chi connectivity index (χ4v) is 2.95. The maximum atomic E-state index is 12.0. The molecule has 0 unspecified atom stereocenters. The molecule has 2 rings (SSSR count). The second-order valence-corrected chi connectivity index (χ2v) is 6.47. The van der Waals surface area contributed by atoms with E-state index >= 15 is 0 Å². The van der Waals surface area contributed by atoms with Gasteiger partial charge in [-0.25, -0.2) is 13.1 Å². The molecular formula is C13H18N4O3S. The van der Waals surface area contributed by atoms with Gasteiger partial charge in [-0.05, 0) is 25.1 Å². The van der Waals surface area contributed by atoms with Gasteiger partial charge >= 0.3 is 0 Å². The SMILES string of the molecule is CNCc1cccc(CS(=O)(=O)NCc2nc(C)no2)c1. The number of aryl methyl sites for hydroxylation is 1. The van der Waals surface area contributed by atoms with Gasteiger partial charge in [0.25, 0.3) is 0 Å². The molecule has 0 atom stereocenters.